The number of hydrogen-bond acceptors (Lipinski definition) is 5. The maximum Gasteiger partial charge on any atom is 0.242 e. The van der Waals surface area contributed by atoms with E-state index in [2.05, 4.69) is 15.3 Å². The second-order valence-electron chi connectivity index (χ2n) is 6.29. The van der Waals surface area contributed by atoms with Crippen molar-refractivity contribution in [2.45, 2.75) is 44.7 Å². The van der Waals surface area contributed by atoms with Crippen molar-refractivity contribution in [1.29, 1.82) is 0 Å². The Morgan fingerprint density at radius 2 is 1.79 bits per heavy atom. The Kier molecular flexibility index (Phi) is 10.1. The highest BCUT2D eigenvalue weighted by Gasteiger charge is 2.40. The zero-order chi connectivity index (χ0) is 14.9. The topological polar surface area (TPSA) is 62.5 Å². The molecule has 2 N–H and O–H groups in total. The molecule has 1 saturated carbocycles. The SMILES string of the molecule is Cc1nc(CN2CCN(C(=O)C3(N)CCCC3)CC2)cs1.Cl.Cl.Cl. The molecule has 5 nitrogen and oxygen atoms in total. The summed E-state index contributed by atoms with van der Waals surface area (Å²) in [7, 11) is 0. The summed E-state index contributed by atoms with van der Waals surface area (Å²) in [5.41, 5.74) is 6.85. The van der Waals surface area contributed by atoms with E-state index in [0.29, 0.717) is 0 Å². The lowest BCUT2D eigenvalue weighted by Gasteiger charge is -2.38. The van der Waals surface area contributed by atoms with E-state index < -0.39 is 5.54 Å². The van der Waals surface area contributed by atoms with E-state index >= 15 is 0 Å². The second kappa shape index (κ2) is 10.1. The molecule has 1 aromatic heterocycles. The number of carbonyl (C=O) groups excluding carboxylic acids is 1. The van der Waals surface area contributed by atoms with Crippen LogP contribution in [0.25, 0.3) is 0 Å². The van der Waals surface area contributed by atoms with Crippen LogP contribution in [-0.2, 0) is 11.3 Å². The van der Waals surface area contributed by atoms with Crippen LogP contribution in [0.2, 0.25) is 0 Å². The molecule has 2 fully saturated rings. The van der Waals surface area contributed by atoms with Crippen molar-refractivity contribution in [3.63, 3.8) is 0 Å². The number of aromatic nitrogens is 1. The molecule has 1 aliphatic heterocycles. The summed E-state index contributed by atoms with van der Waals surface area (Å²) >= 11 is 1.70. The number of piperazine rings is 1. The first-order valence-electron chi connectivity index (χ1n) is 7.78. The summed E-state index contributed by atoms with van der Waals surface area (Å²) in [6.07, 6.45) is 3.88. The first-order chi connectivity index (χ1) is 10.1. The minimum atomic E-state index is -0.575. The molecule has 0 aromatic carbocycles. The highest BCUT2D eigenvalue weighted by molar-refractivity contribution is 7.09. The van der Waals surface area contributed by atoms with Gasteiger partial charge in [-0.05, 0) is 19.8 Å². The minimum absolute atomic E-state index is 0. The number of halogens is 3. The third-order valence-electron chi connectivity index (χ3n) is 4.63. The third kappa shape index (κ3) is 5.44. The van der Waals surface area contributed by atoms with Crippen molar-refractivity contribution in [2.75, 3.05) is 26.2 Å². The Balaban J connectivity index is 0.00000176. The largest absolute Gasteiger partial charge is 0.339 e. The number of amides is 1. The molecular formula is C15H27Cl3N4OS. The number of nitrogens with two attached hydrogens (primary N) is 1. The highest BCUT2D eigenvalue weighted by atomic mass is 35.5. The minimum Gasteiger partial charge on any atom is -0.339 e. The summed E-state index contributed by atoms with van der Waals surface area (Å²) in [6.45, 7) is 6.34. The molecule has 0 atom stereocenters. The summed E-state index contributed by atoms with van der Waals surface area (Å²) in [6, 6.07) is 0. The van der Waals surface area contributed by atoms with Gasteiger partial charge in [-0.1, -0.05) is 12.8 Å². The van der Waals surface area contributed by atoms with E-state index in [1.54, 1.807) is 11.3 Å². The van der Waals surface area contributed by atoms with Crippen molar-refractivity contribution >= 4 is 54.5 Å². The van der Waals surface area contributed by atoms with Crippen molar-refractivity contribution in [3.05, 3.63) is 16.1 Å². The van der Waals surface area contributed by atoms with E-state index in [-0.39, 0.29) is 43.1 Å². The van der Waals surface area contributed by atoms with E-state index in [1.165, 1.54) is 0 Å². The third-order valence-corrected chi connectivity index (χ3v) is 5.46. The molecule has 2 heterocycles. The molecule has 1 saturated heterocycles. The predicted octanol–water partition coefficient (Wildman–Crippen LogP) is 2.63. The van der Waals surface area contributed by atoms with E-state index in [4.69, 9.17) is 5.73 Å². The van der Waals surface area contributed by atoms with Crippen LogP contribution >= 0.6 is 48.6 Å². The van der Waals surface area contributed by atoms with Gasteiger partial charge in [-0.15, -0.1) is 48.6 Å². The van der Waals surface area contributed by atoms with Gasteiger partial charge in [0.1, 0.15) is 0 Å². The fourth-order valence-electron chi connectivity index (χ4n) is 3.35. The summed E-state index contributed by atoms with van der Waals surface area (Å²) in [4.78, 5) is 21.4. The van der Waals surface area contributed by atoms with Crippen LogP contribution in [0, 0.1) is 6.92 Å². The zero-order valence-corrected chi connectivity index (χ0v) is 17.2. The van der Waals surface area contributed by atoms with Gasteiger partial charge in [0.15, 0.2) is 0 Å². The lowest BCUT2D eigenvalue weighted by Crippen LogP contribution is -2.58. The molecule has 1 aromatic rings. The van der Waals surface area contributed by atoms with Crippen molar-refractivity contribution < 1.29 is 4.79 Å². The fourth-order valence-corrected chi connectivity index (χ4v) is 3.96. The number of hydrogen-bond donors (Lipinski definition) is 1. The summed E-state index contributed by atoms with van der Waals surface area (Å²) in [5, 5.41) is 3.24. The summed E-state index contributed by atoms with van der Waals surface area (Å²) < 4.78 is 0. The van der Waals surface area contributed by atoms with E-state index in [0.717, 1.165) is 69.1 Å². The molecule has 3 rings (SSSR count). The Bertz CT molecular complexity index is 515. The van der Waals surface area contributed by atoms with Gasteiger partial charge in [0.25, 0.3) is 0 Å². The van der Waals surface area contributed by atoms with Gasteiger partial charge in [0, 0.05) is 38.1 Å². The molecule has 24 heavy (non-hydrogen) atoms. The van der Waals surface area contributed by atoms with Crippen LogP contribution in [0.1, 0.15) is 36.4 Å². The molecule has 140 valence electrons. The van der Waals surface area contributed by atoms with Crippen molar-refractivity contribution in [1.82, 2.24) is 14.8 Å². The van der Waals surface area contributed by atoms with Crippen LogP contribution in [0.15, 0.2) is 5.38 Å². The first kappa shape index (κ1) is 23.9. The number of rotatable bonds is 3. The lowest BCUT2D eigenvalue weighted by molar-refractivity contribution is -0.138. The highest BCUT2D eigenvalue weighted by Crippen LogP contribution is 2.29. The molecule has 1 aliphatic carbocycles. The molecule has 9 heteroatoms. The predicted molar refractivity (Wildman–Crippen MR) is 106 cm³/mol. The normalized spacial score (nSPS) is 19.8. The van der Waals surface area contributed by atoms with Crippen LogP contribution in [-0.4, -0.2) is 52.4 Å². The Morgan fingerprint density at radius 1 is 1.21 bits per heavy atom. The number of nitrogens with zero attached hydrogens (tertiary/aromatic N) is 3. The van der Waals surface area contributed by atoms with Gasteiger partial charge < -0.3 is 10.6 Å². The van der Waals surface area contributed by atoms with Gasteiger partial charge in [-0.3, -0.25) is 9.69 Å². The standard InChI is InChI=1S/C15H24N4OS.3ClH/c1-12-17-13(11-21-12)10-18-6-8-19(9-7-18)14(20)15(16)4-2-3-5-15;;;/h11H,2-10,16H2,1H3;3*1H. The molecule has 1 amide bonds. The molecule has 0 unspecified atom stereocenters. The van der Waals surface area contributed by atoms with Crippen molar-refractivity contribution in [3.8, 4) is 0 Å². The average molecular weight is 418 g/mol. The monoisotopic (exact) mass is 416 g/mol. The Labute approximate surface area is 166 Å². The first-order valence-corrected chi connectivity index (χ1v) is 8.66. The molecule has 0 spiro atoms. The van der Waals surface area contributed by atoms with Crippen LogP contribution in [0.4, 0.5) is 0 Å². The average Bonchev–Trinajstić information content (AvgIpc) is 3.09. The fraction of sp³-hybridized carbons (Fsp3) is 0.733. The van der Waals surface area contributed by atoms with Gasteiger partial charge in [0.05, 0.1) is 16.2 Å². The number of aryl methyl sites for hydroxylation is 1. The lowest BCUT2D eigenvalue weighted by atomic mass is 9.97. The van der Waals surface area contributed by atoms with E-state index in [1.807, 2.05) is 11.8 Å². The number of carbonyl (C=O) groups is 1. The number of thiazole rings is 1. The Hall–Kier alpha value is -0.110. The van der Waals surface area contributed by atoms with Gasteiger partial charge >= 0.3 is 0 Å². The molecule has 0 radical (unpaired) electrons. The van der Waals surface area contributed by atoms with Gasteiger partial charge in [-0.2, -0.15) is 0 Å². The zero-order valence-electron chi connectivity index (χ0n) is 13.9. The van der Waals surface area contributed by atoms with E-state index in [9.17, 15) is 4.79 Å². The van der Waals surface area contributed by atoms with Crippen LogP contribution in [0.5, 0.6) is 0 Å². The molecular weight excluding hydrogens is 391 g/mol. The second-order valence-corrected chi connectivity index (χ2v) is 7.35. The molecule has 0 bridgehead atoms. The Morgan fingerprint density at radius 3 is 2.29 bits per heavy atom. The van der Waals surface area contributed by atoms with Crippen molar-refractivity contribution in [2.24, 2.45) is 5.73 Å². The maximum absolute atomic E-state index is 12.6. The quantitative estimate of drug-likeness (QED) is 0.821. The molecule has 2 aliphatic rings. The maximum atomic E-state index is 12.6. The smallest absolute Gasteiger partial charge is 0.242 e. The van der Waals surface area contributed by atoms with Crippen LogP contribution < -0.4 is 5.73 Å². The summed E-state index contributed by atoms with van der Waals surface area (Å²) in [5.74, 6) is 0.171. The van der Waals surface area contributed by atoms with Gasteiger partial charge in [0.2, 0.25) is 5.91 Å². The van der Waals surface area contributed by atoms with Gasteiger partial charge in [-0.25, -0.2) is 4.98 Å². The van der Waals surface area contributed by atoms with Crippen LogP contribution in [0.3, 0.4) is 0 Å².